The van der Waals surface area contributed by atoms with Crippen molar-refractivity contribution in [3.63, 3.8) is 0 Å². The quantitative estimate of drug-likeness (QED) is 0.272. The number of rotatable bonds is 6. The first-order valence-corrected chi connectivity index (χ1v) is 15.3. The van der Waals surface area contributed by atoms with Crippen LogP contribution in [0.1, 0.15) is 56.2 Å². The second-order valence-electron chi connectivity index (χ2n) is 13.1. The Balaban J connectivity index is 1.38. The van der Waals surface area contributed by atoms with E-state index < -0.39 is 11.4 Å². The molecule has 242 valence electrons. The Labute approximate surface area is 269 Å². The number of hydrogen-bond acceptors (Lipinski definition) is 8. The number of anilines is 2. The monoisotopic (exact) mass is 638 g/mol. The van der Waals surface area contributed by atoms with Gasteiger partial charge in [-0.3, -0.25) is 23.9 Å². The van der Waals surface area contributed by atoms with Crippen LogP contribution in [0, 0.1) is 11.7 Å². The van der Waals surface area contributed by atoms with Crippen molar-refractivity contribution in [2.75, 3.05) is 11.9 Å². The molecule has 13 heteroatoms. The van der Waals surface area contributed by atoms with Crippen molar-refractivity contribution in [2.45, 2.75) is 53.1 Å². The second kappa shape index (κ2) is 11.7. The van der Waals surface area contributed by atoms with E-state index in [0.717, 1.165) is 10.4 Å². The highest BCUT2D eigenvalue weighted by Gasteiger charge is 2.25. The Morgan fingerprint density at radius 1 is 1.09 bits per heavy atom. The molecule has 1 N–H and O–H groups in total. The molecule has 4 aromatic heterocycles. The zero-order valence-electron chi connectivity index (χ0n) is 27.0. The molecule has 1 aromatic carbocycles. The lowest BCUT2D eigenvalue weighted by molar-refractivity contribution is -0.136. The van der Waals surface area contributed by atoms with Crippen molar-refractivity contribution >= 4 is 34.5 Å². The first kappa shape index (κ1) is 31.5. The Kier molecular flexibility index (Phi) is 7.86. The molecule has 0 fully saturated rings. The van der Waals surface area contributed by atoms with Gasteiger partial charge in [-0.2, -0.15) is 14.9 Å². The van der Waals surface area contributed by atoms with Gasteiger partial charge in [-0.1, -0.05) is 34.6 Å². The number of nitrogens with zero attached hydrogens (tertiary/aromatic N) is 7. The summed E-state index contributed by atoms with van der Waals surface area (Å²) in [4.78, 5) is 57.9. The van der Waals surface area contributed by atoms with Crippen LogP contribution in [0.4, 0.5) is 15.9 Å². The van der Waals surface area contributed by atoms with Crippen molar-refractivity contribution in [1.29, 1.82) is 0 Å². The molecule has 5 aromatic rings. The van der Waals surface area contributed by atoms with Crippen LogP contribution in [0.3, 0.4) is 0 Å². The highest BCUT2D eigenvalue weighted by atomic mass is 19.1. The molecule has 0 saturated heterocycles. The van der Waals surface area contributed by atoms with Crippen molar-refractivity contribution in [1.82, 2.24) is 34.0 Å². The van der Waals surface area contributed by atoms with Crippen LogP contribution in [0.25, 0.3) is 27.7 Å². The van der Waals surface area contributed by atoms with Crippen LogP contribution in [0.2, 0.25) is 0 Å². The van der Waals surface area contributed by atoms with E-state index in [4.69, 9.17) is 0 Å². The molecule has 5 heterocycles. The number of hydrogen-bond donors (Lipinski definition) is 1. The van der Waals surface area contributed by atoms with Crippen molar-refractivity contribution < 1.29 is 14.0 Å². The molecule has 0 spiro atoms. The van der Waals surface area contributed by atoms with Gasteiger partial charge in [-0.25, -0.2) is 9.37 Å². The van der Waals surface area contributed by atoms with Crippen LogP contribution in [-0.4, -0.2) is 52.8 Å². The van der Waals surface area contributed by atoms with Gasteiger partial charge in [0.25, 0.3) is 11.1 Å². The predicted octanol–water partition coefficient (Wildman–Crippen LogP) is 4.33. The molecule has 0 radical (unpaired) electrons. The molecule has 0 unspecified atom stereocenters. The molecule has 1 amide bonds. The maximum absolute atomic E-state index is 15.3. The average Bonchev–Trinajstić information content (AvgIpc) is 3.43. The van der Waals surface area contributed by atoms with E-state index in [-0.39, 0.29) is 45.3 Å². The SMILES string of the molecule is CC(C)C(=O)N1CCn2nc(Nc3cc(-c4ccnc(-n5ncc6cc(C(C)(C)C)cc(F)c6c5=O)c4C=O)cn(C)c3=O)cc2C1. The number of nitrogens with one attached hydrogen (secondary N) is 1. The molecule has 6 rings (SSSR count). The lowest BCUT2D eigenvalue weighted by atomic mass is 9.86. The van der Waals surface area contributed by atoms with E-state index in [2.05, 4.69) is 20.5 Å². The Bertz CT molecular complexity index is 2190. The Morgan fingerprint density at radius 3 is 2.55 bits per heavy atom. The molecular weight excluding hydrogens is 603 g/mol. The molecule has 0 aliphatic carbocycles. The van der Waals surface area contributed by atoms with Gasteiger partial charge in [0, 0.05) is 48.9 Å². The number of carbonyl (C=O) groups is 2. The van der Waals surface area contributed by atoms with E-state index in [9.17, 15) is 19.2 Å². The number of pyridine rings is 2. The summed E-state index contributed by atoms with van der Waals surface area (Å²) in [6.07, 6.45) is 4.92. The minimum absolute atomic E-state index is 0.0325. The highest BCUT2D eigenvalue weighted by molar-refractivity contribution is 5.92. The average molecular weight is 639 g/mol. The van der Waals surface area contributed by atoms with Crippen molar-refractivity contribution in [3.8, 4) is 16.9 Å². The van der Waals surface area contributed by atoms with Gasteiger partial charge >= 0.3 is 0 Å². The van der Waals surface area contributed by atoms with Gasteiger partial charge in [-0.15, -0.1) is 0 Å². The summed E-state index contributed by atoms with van der Waals surface area (Å²) in [5, 5.41) is 12.1. The minimum Gasteiger partial charge on any atom is -0.335 e. The van der Waals surface area contributed by atoms with Crippen LogP contribution >= 0.6 is 0 Å². The number of carbonyl (C=O) groups excluding carboxylic acids is 2. The van der Waals surface area contributed by atoms with E-state index in [1.165, 1.54) is 23.0 Å². The fourth-order valence-electron chi connectivity index (χ4n) is 5.78. The topological polar surface area (TPSA) is 137 Å². The van der Waals surface area contributed by atoms with Crippen LogP contribution in [0.15, 0.2) is 58.5 Å². The van der Waals surface area contributed by atoms with Gasteiger partial charge in [0.15, 0.2) is 17.9 Å². The first-order valence-electron chi connectivity index (χ1n) is 15.3. The number of benzene rings is 1. The zero-order chi connectivity index (χ0) is 33.8. The van der Waals surface area contributed by atoms with E-state index in [1.54, 1.807) is 42.4 Å². The fourth-order valence-corrected chi connectivity index (χ4v) is 5.78. The number of aromatic nitrogens is 6. The van der Waals surface area contributed by atoms with Gasteiger partial charge < -0.3 is 14.8 Å². The van der Waals surface area contributed by atoms with Crippen LogP contribution in [0.5, 0.6) is 0 Å². The lowest BCUT2D eigenvalue weighted by Crippen LogP contribution is -2.40. The molecule has 12 nitrogen and oxygen atoms in total. The molecule has 1 aliphatic heterocycles. The molecular formula is C34H35FN8O4. The Hall–Kier alpha value is -5.46. The van der Waals surface area contributed by atoms with Gasteiger partial charge in [0.2, 0.25) is 5.91 Å². The summed E-state index contributed by atoms with van der Waals surface area (Å²) in [6, 6.07) is 8.06. The van der Waals surface area contributed by atoms with E-state index in [0.29, 0.717) is 53.8 Å². The zero-order valence-corrected chi connectivity index (χ0v) is 27.0. The van der Waals surface area contributed by atoms with Gasteiger partial charge in [0.1, 0.15) is 11.5 Å². The summed E-state index contributed by atoms with van der Waals surface area (Å²) in [6.45, 7) is 11.1. The third-order valence-corrected chi connectivity index (χ3v) is 8.35. The van der Waals surface area contributed by atoms with Crippen molar-refractivity contribution in [3.05, 3.63) is 92.3 Å². The molecule has 0 saturated carbocycles. The molecule has 0 bridgehead atoms. The largest absolute Gasteiger partial charge is 0.335 e. The molecule has 0 atom stereocenters. The number of aldehydes is 1. The normalized spacial score (nSPS) is 13.2. The molecule has 47 heavy (non-hydrogen) atoms. The molecule has 1 aliphatic rings. The van der Waals surface area contributed by atoms with Crippen LogP contribution < -0.4 is 16.4 Å². The van der Waals surface area contributed by atoms with Crippen LogP contribution in [-0.2, 0) is 30.3 Å². The summed E-state index contributed by atoms with van der Waals surface area (Å²) in [5.74, 6) is -0.378. The lowest BCUT2D eigenvalue weighted by Gasteiger charge is -2.28. The summed E-state index contributed by atoms with van der Waals surface area (Å²) >= 11 is 0. The van der Waals surface area contributed by atoms with E-state index >= 15 is 4.39 Å². The highest BCUT2D eigenvalue weighted by Crippen LogP contribution is 2.29. The maximum atomic E-state index is 15.3. The van der Waals surface area contributed by atoms with Gasteiger partial charge in [0.05, 0.1) is 35.9 Å². The van der Waals surface area contributed by atoms with Crippen molar-refractivity contribution in [2.24, 2.45) is 13.0 Å². The maximum Gasteiger partial charge on any atom is 0.283 e. The summed E-state index contributed by atoms with van der Waals surface area (Å²) in [7, 11) is 1.58. The minimum atomic E-state index is -0.756. The predicted molar refractivity (Wildman–Crippen MR) is 176 cm³/mol. The first-order chi connectivity index (χ1) is 22.3. The van der Waals surface area contributed by atoms with E-state index in [1.807, 2.05) is 39.3 Å². The summed E-state index contributed by atoms with van der Waals surface area (Å²) in [5.41, 5.74) is 1.20. The fraction of sp³-hybridized carbons (Fsp3) is 0.324. The third kappa shape index (κ3) is 5.73. The number of amides is 1. The summed E-state index contributed by atoms with van der Waals surface area (Å²) < 4.78 is 19.4. The third-order valence-electron chi connectivity index (χ3n) is 8.35. The Morgan fingerprint density at radius 2 is 1.85 bits per heavy atom. The smallest absolute Gasteiger partial charge is 0.283 e. The van der Waals surface area contributed by atoms with Gasteiger partial charge in [-0.05, 0) is 40.8 Å². The standard InChI is InChI=1S/C34H35FN8O4/c1-19(2)31(45)41-9-10-42-23(17-41)14-28(39-42)38-27-12-21(16-40(6)32(27)46)24-7-8-36-30(25(24)18-44)43-33(47)29-20(15-37-43)11-22(13-26(29)35)34(3,4)5/h7-8,11-16,18-19H,9-10,17H2,1-6H3,(H,38,39). The second-order valence-corrected chi connectivity index (χ2v) is 13.1. The number of aryl methyl sites for hydroxylation is 1. The number of halogens is 1. The number of fused-ring (bicyclic) bond motifs is 2.